The van der Waals surface area contributed by atoms with Gasteiger partial charge in [0.2, 0.25) is 5.91 Å². The molecule has 4 aromatic rings. The molecule has 69 heavy (non-hydrogen) atoms. The van der Waals surface area contributed by atoms with Crippen molar-refractivity contribution in [3.05, 3.63) is 123 Å². The minimum atomic E-state index is -0.755. The molecule has 1 N–H and O–H groups in total. The molecular formula is C57H68ClN5O6. The number of ether oxygens (including phenoxy) is 1. The molecule has 1 amide bonds. The van der Waals surface area contributed by atoms with E-state index in [4.69, 9.17) is 20.8 Å². The van der Waals surface area contributed by atoms with Gasteiger partial charge >= 0.3 is 0 Å². The maximum Gasteiger partial charge on any atom is 0.234 e. The summed E-state index contributed by atoms with van der Waals surface area (Å²) in [6, 6.07) is 25.0. The van der Waals surface area contributed by atoms with Gasteiger partial charge in [0.1, 0.15) is 23.7 Å². The number of furan rings is 1. The van der Waals surface area contributed by atoms with Gasteiger partial charge in [-0.1, -0.05) is 84.3 Å². The van der Waals surface area contributed by atoms with E-state index in [0.29, 0.717) is 34.1 Å². The van der Waals surface area contributed by atoms with Crippen LogP contribution < -0.4 is 9.64 Å². The Balaban J connectivity index is 0.803. The zero-order chi connectivity index (χ0) is 49.4. The molecular weight excluding hydrogens is 886 g/mol. The summed E-state index contributed by atoms with van der Waals surface area (Å²) < 4.78 is 12.6. The molecule has 3 aliphatic heterocycles. The lowest BCUT2D eigenvalue weighted by Gasteiger charge is -2.63. The third kappa shape index (κ3) is 10.5. The molecule has 3 aromatic carbocycles. The Labute approximate surface area is 413 Å². The van der Waals surface area contributed by atoms with Crippen LogP contribution in [0.5, 0.6) is 5.75 Å². The second-order valence-corrected chi connectivity index (χ2v) is 21.9. The lowest BCUT2D eigenvalue weighted by atomic mass is 9.44. The number of ketones is 2. The van der Waals surface area contributed by atoms with Crippen molar-refractivity contribution in [3.63, 3.8) is 0 Å². The number of aliphatic hydroxyl groups excluding tert-OH is 1. The van der Waals surface area contributed by atoms with E-state index in [0.717, 1.165) is 73.6 Å². The SMILES string of the molecule is CC1=C(c2ccc([C@H](C)CC(=O)[C@@H]3C[C@@H](O)CN3C(=O)C(c3cc(CCN4CCN(c5ccc(C(=O)CC6C(C)(C)C(Oc7ccc(C#N)c(Cl)c7)C6(C)C)cc5)CC4)co3)C(C)C)cc2)CC=N1. The van der Waals surface area contributed by atoms with Gasteiger partial charge < -0.3 is 24.1 Å². The summed E-state index contributed by atoms with van der Waals surface area (Å²) in [6.07, 6.45) is 5.36. The van der Waals surface area contributed by atoms with Crippen LogP contribution in [-0.4, -0.2) is 96.1 Å². The monoisotopic (exact) mass is 953 g/mol. The minimum absolute atomic E-state index is 0.0302. The lowest BCUT2D eigenvalue weighted by molar-refractivity contribution is -0.196. The molecule has 1 aliphatic carbocycles. The molecule has 0 spiro atoms. The summed E-state index contributed by atoms with van der Waals surface area (Å²) in [5.74, 6) is 0.562. The minimum Gasteiger partial charge on any atom is -0.489 e. The number of nitriles is 1. The van der Waals surface area contributed by atoms with Gasteiger partial charge in [0, 0.05) is 105 Å². The van der Waals surface area contributed by atoms with Crippen LogP contribution in [-0.2, 0) is 16.0 Å². The summed E-state index contributed by atoms with van der Waals surface area (Å²) in [4.78, 5) is 52.7. The number of Topliss-reactive ketones (excluding diaryl/α,β-unsaturated/α-hetero) is 2. The van der Waals surface area contributed by atoms with E-state index < -0.39 is 18.1 Å². The van der Waals surface area contributed by atoms with E-state index >= 15 is 0 Å². The molecule has 0 bridgehead atoms. The number of amides is 1. The number of aliphatic imine (C=N–C) groups is 1. The number of benzene rings is 3. The Kier molecular flexibility index (Phi) is 14.8. The molecule has 1 aromatic heterocycles. The average molecular weight is 955 g/mol. The Morgan fingerprint density at radius 1 is 0.957 bits per heavy atom. The number of piperazine rings is 1. The second-order valence-electron chi connectivity index (χ2n) is 21.4. The number of hydrogen-bond acceptors (Lipinski definition) is 10. The first-order valence-corrected chi connectivity index (χ1v) is 25.1. The molecule has 0 radical (unpaired) electrons. The van der Waals surface area contributed by atoms with Crippen molar-refractivity contribution >= 4 is 46.5 Å². The van der Waals surface area contributed by atoms with E-state index in [1.807, 2.05) is 52.1 Å². The third-order valence-electron chi connectivity index (χ3n) is 15.7. The van der Waals surface area contributed by atoms with Gasteiger partial charge in [-0.15, -0.1) is 0 Å². The van der Waals surface area contributed by atoms with Crippen LogP contribution >= 0.6 is 11.6 Å². The van der Waals surface area contributed by atoms with E-state index in [1.165, 1.54) is 5.57 Å². The predicted molar refractivity (Wildman–Crippen MR) is 272 cm³/mol. The standard InChI is InChI=1S/C57H68ClN5O6/c1-35(2)53(54(67)63-33-44(64)29-48(63)50(66)27-36(3)39-9-11-40(12-10-39)46-19-21-60-37(46)4)51-28-38(34-68-51)20-22-61-23-25-62(26-24-61)43-16-13-41(14-17-43)49(65)31-52-56(5,6)55(57(52,7)8)69-45-18-15-42(32-59)47(58)30-45/h9-18,21,28,30,34-36,44,48,52-53,55,64H,19-20,22-27,29,31,33H2,1-8H3/t36-,44-,48+,52?,53?,55?/m1/s1. The van der Waals surface area contributed by atoms with Crippen LogP contribution in [0.4, 0.5) is 5.69 Å². The van der Waals surface area contributed by atoms with Crippen molar-refractivity contribution < 1.29 is 28.6 Å². The Bertz CT molecular complexity index is 2620. The number of rotatable bonds is 17. The fourth-order valence-electron chi connectivity index (χ4n) is 11.9. The zero-order valence-corrected chi connectivity index (χ0v) is 42.3. The summed E-state index contributed by atoms with van der Waals surface area (Å²) in [5, 5.41) is 20.4. The fraction of sp³-hybridized carbons (Fsp3) is 0.491. The van der Waals surface area contributed by atoms with Crippen molar-refractivity contribution in [2.75, 3.05) is 44.2 Å². The number of anilines is 1. The summed E-state index contributed by atoms with van der Waals surface area (Å²) in [6.45, 7) is 21.2. The smallest absolute Gasteiger partial charge is 0.234 e. The van der Waals surface area contributed by atoms with Gasteiger partial charge in [-0.05, 0) is 95.8 Å². The van der Waals surface area contributed by atoms with Crippen molar-refractivity contribution in [1.29, 1.82) is 5.26 Å². The molecule has 12 heteroatoms. The van der Waals surface area contributed by atoms with Gasteiger partial charge in [-0.3, -0.25) is 24.3 Å². The zero-order valence-electron chi connectivity index (χ0n) is 41.5. The molecule has 364 valence electrons. The number of allylic oxidation sites excluding steroid dienone is 2. The molecule has 1 saturated carbocycles. The highest BCUT2D eigenvalue weighted by Crippen LogP contribution is 2.62. The number of hydrogen-bond donors (Lipinski definition) is 1. The first-order valence-electron chi connectivity index (χ1n) is 24.7. The summed E-state index contributed by atoms with van der Waals surface area (Å²) in [7, 11) is 0. The largest absolute Gasteiger partial charge is 0.489 e. The normalized spacial score (nSPS) is 22.9. The molecule has 3 fully saturated rings. The van der Waals surface area contributed by atoms with Crippen LogP contribution in [0.1, 0.15) is 131 Å². The van der Waals surface area contributed by atoms with E-state index in [-0.39, 0.29) is 71.5 Å². The van der Waals surface area contributed by atoms with Crippen LogP contribution in [0, 0.1) is 34.0 Å². The van der Waals surface area contributed by atoms with Crippen LogP contribution in [0.3, 0.4) is 0 Å². The quantitative estimate of drug-likeness (QED) is 0.102. The third-order valence-corrected chi connectivity index (χ3v) is 16.0. The van der Waals surface area contributed by atoms with Gasteiger partial charge in [0.05, 0.1) is 34.9 Å². The summed E-state index contributed by atoms with van der Waals surface area (Å²) >= 11 is 6.29. The fourth-order valence-corrected chi connectivity index (χ4v) is 12.1. The molecule has 4 atom stereocenters. The lowest BCUT2D eigenvalue weighted by Crippen LogP contribution is -2.66. The second kappa shape index (κ2) is 20.4. The molecule has 11 nitrogen and oxygen atoms in total. The van der Waals surface area contributed by atoms with Crippen molar-refractivity contribution in [2.45, 2.75) is 118 Å². The highest BCUT2D eigenvalue weighted by molar-refractivity contribution is 6.31. The van der Waals surface area contributed by atoms with Gasteiger partial charge in [-0.2, -0.15) is 5.26 Å². The Morgan fingerprint density at radius 3 is 2.28 bits per heavy atom. The van der Waals surface area contributed by atoms with Gasteiger partial charge in [0.15, 0.2) is 11.6 Å². The number of β-amino-alcohol motifs (C(OH)–C–C–N with tert-alkyl or cyclic N) is 1. The highest BCUT2D eigenvalue weighted by atomic mass is 35.5. The summed E-state index contributed by atoms with van der Waals surface area (Å²) in [5.41, 5.74) is 7.22. The van der Waals surface area contributed by atoms with Gasteiger partial charge in [-0.25, -0.2) is 0 Å². The van der Waals surface area contributed by atoms with E-state index in [9.17, 15) is 24.8 Å². The van der Waals surface area contributed by atoms with Crippen molar-refractivity contribution in [3.8, 4) is 11.8 Å². The number of nitrogens with zero attached hydrogens (tertiary/aromatic N) is 5. The topological polar surface area (TPSA) is 140 Å². The number of aliphatic hydroxyl groups is 1. The van der Waals surface area contributed by atoms with Crippen LogP contribution in [0.15, 0.2) is 94.2 Å². The Morgan fingerprint density at radius 2 is 1.65 bits per heavy atom. The maximum absolute atomic E-state index is 14.3. The number of carbonyl (C=O) groups is 3. The molecule has 8 rings (SSSR count). The van der Waals surface area contributed by atoms with E-state index in [1.54, 1.807) is 29.4 Å². The molecule has 1 unspecified atom stereocenters. The van der Waals surface area contributed by atoms with Crippen molar-refractivity contribution in [2.24, 2.45) is 27.7 Å². The van der Waals surface area contributed by atoms with E-state index in [2.05, 4.69) is 85.0 Å². The van der Waals surface area contributed by atoms with Crippen LogP contribution in [0.25, 0.3) is 5.57 Å². The molecule has 4 heterocycles. The average Bonchev–Trinajstić information content (AvgIpc) is 4.09. The van der Waals surface area contributed by atoms with Gasteiger partial charge in [0.25, 0.3) is 0 Å². The number of likely N-dealkylation sites (tertiary alicyclic amines) is 1. The van der Waals surface area contributed by atoms with Crippen molar-refractivity contribution in [1.82, 2.24) is 9.80 Å². The number of halogens is 1. The number of carbonyl (C=O) groups excluding carboxylic acids is 3. The molecule has 2 saturated heterocycles. The predicted octanol–water partition coefficient (Wildman–Crippen LogP) is 10.5. The Hall–Kier alpha value is -5.54. The van der Waals surface area contributed by atoms with Crippen LogP contribution in [0.2, 0.25) is 5.02 Å². The first-order chi connectivity index (χ1) is 32.8. The highest BCUT2D eigenvalue weighted by Gasteiger charge is 2.63. The first kappa shape index (κ1) is 49.9. The molecule has 4 aliphatic rings. The maximum atomic E-state index is 14.3.